The van der Waals surface area contributed by atoms with Gasteiger partial charge in [0.1, 0.15) is 11.5 Å². The molecule has 0 amide bonds. The number of hydrogen-bond donors (Lipinski definition) is 2. The van der Waals surface area contributed by atoms with Crippen molar-refractivity contribution < 1.29 is 27.5 Å². The summed E-state index contributed by atoms with van der Waals surface area (Å²) in [7, 11) is 0. The molecule has 0 aliphatic carbocycles. The third-order valence-electron chi connectivity index (χ3n) is 2.28. The Labute approximate surface area is 91.7 Å². The number of halogens is 4. The molecule has 0 bridgehead atoms. The molecular formula is C10H5F4NO2. The van der Waals surface area contributed by atoms with E-state index in [4.69, 9.17) is 5.11 Å². The molecule has 1 heterocycles. The molecule has 90 valence electrons. The highest BCUT2D eigenvalue weighted by Gasteiger charge is 2.39. The van der Waals surface area contributed by atoms with Crippen LogP contribution in [0.15, 0.2) is 18.2 Å². The van der Waals surface area contributed by atoms with Gasteiger partial charge >= 0.3 is 12.1 Å². The smallest absolute Gasteiger partial charge is 0.432 e. The number of carbonyl (C=O) groups is 1. The van der Waals surface area contributed by atoms with Crippen molar-refractivity contribution in [3.8, 4) is 0 Å². The van der Waals surface area contributed by atoms with Gasteiger partial charge < -0.3 is 10.1 Å². The fourth-order valence-corrected chi connectivity index (χ4v) is 1.62. The number of H-pyrrole nitrogens is 1. The van der Waals surface area contributed by atoms with Gasteiger partial charge in [-0.2, -0.15) is 13.2 Å². The Hall–Kier alpha value is -2.05. The molecule has 0 unspecified atom stereocenters. The number of carboxylic acid groups (broad SMARTS) is 1. The first kappa shape index (κ1) is 11.4. The van der Waals surface area contributed by atoms with Gasteiger partial charge in [-0.1, -0.05) is 12.1 Å². The Morgan fingerprint density at radius 2 is 1.94 bits per heavy atom. The largest absolute Gasteiger partial charge is 0.478 e. The van der Waals surface area contributed by atoms with Crippen molar-refractivity contribution in [2.24, 2.45) is 0 Å². The van der Waals surface area contributed by atoms with Crippen LogP contribution >= 0.6 is 0 Å². The van der Waals surface area contributed by atoms with Crippen LogP contribution in [0.5, 0.6) is 0 Å². The number of rotatable bonds is 1. The molecule has 2 N–H and O–H groups in total. The number of aromatic nitrogens is 1. The van der Waals surface area contributed by atoms with E-state index in [1.807, 2.05) is 0 Å². The Balaban J connectivity index is 2.90. The van der Waals surface area contributed by atoms with Crippen molar-refractivity contribution in [2.75, 3.05) is 0 Å². The summed E-state index contributed by atoms with van der Waals surface area (Å²) in [5.41, 5.74) is -2.88. The molecule has 0 radical (unpaired) electrons. The van der Waals surface area contributed by atoms with Gasteiger partial charge in [0.2, 0.25) is 0 Å². The minimum absolute atomic E-state index is 0.301. The summed E-state index contributed by atoms with van der Waals surface area (Å²) < 4.78 is 50.9. The molecule has 0 aliphatic rings. The highest BCUT2D eigenvalue weighted by Crippen LogP contribution is 2.36. The van der Waals surface area contributed by atoms with Crippen molar-refractivity contribution in [1.82, 2.24) is 4.98 Å². The first-order chi connectivity index (χ1) is 7.82. The molecule has 0 saturated heterocycles. The maximum absolute atomic E-state index is 13.2. The maximum atomic E-state index is 13.2. The third-order valence-corrected chi connectivity index (χ3v) is 2.28. The van der Waals surface area contributed by atoms with Gasteiger partial charge in [-0.3, -0.25) is 0 Å². The van der Waals surface area contributed by atoms with Crippen LogP contribution in [-0.4, -0.2) is 16.1 Å². The van der Waals surface area contributed by atoms with Crippen LogP contribution in [-0.2, 0) is 6.18 Å². The van der Waals surface area contributed by atoms with Crippen LogP contribution in [0.3, 0.4) is 0 Å². The number of benzene rings is 1. The standard InChI is InChI=1S/C10H5F4NO2/c11-5-3-1-2-4-6(9(16)17)8(10(12,13)14)15-7(4)5/h1-3,15H,(H,16,17). The lowest BCUT2D eigenvalue weighted by atomic mass is 10.1. The van der Waals surface area contributed by atoms with Crippen molar-refractivity contribution in [2.45, 2.75) is 6.18 Å². The molecule has 0 spiro atoms. The predicted octanol–water partition coefficient (Wildman–Crippen LogP) is 3.02. The first-order valence-electron chi connectivity index (χ1n) is 4.43. The molecule has 3 nitrogen and oxygen atoms in total. The van der Waals surface area contributed by atoms with Crippen LogP contribution < -0.4 is 0 Å². The van der Waals surface area contributed by atoms with Crippen LogP contribution in [0, 0.1) is 5.82 Å². The molecule has 0 saturated carbocycles. The predicted molar refractivity (Wildman–Crippen MR) is 50.2 cm³/mol. The number of carboxylic acids is 1. The molecule has 2 aromatic rings. The molecular weight excluding hydrogens is 242 g/mol. The second kappa shape index (κ2) is 3.47. The minimum Gasteiger partial charge on any atom is -0.478 e. The second-order valence-corrected chi connectivity index (χ2v) is 3.34. The Morgan fingerprint density at radius 1 is 1.29 bits per heavy atom. The van der Waals surface area contributed by atoms with E-state index in [0.29, 0.717) is 0 Å². The average molecular weight is 247 g/mol. The number of aromatic carboxylic acids is 1. The average Bonchev–Trinajstić information content (AvgIpc) is 2.57. The van der Waals surface area contributed by atoms with Gasteiger partial charge in [0.25, 0.3) is 0 Å². The van der Waals surface area contributed by atoms with E-state index in [2.05, 4.69) is 0 Å². The summed E-state index contributed by atoms with van der Waals surface area (Å²) in [6, 6.07) is 3.22. The van der Waals surface area contributed by atoms with E-state index in [9.17, 15) is 22.4 Å². The molecule has 1 aromatic heterocycles. The summed E-state index contributed by atoms with van der Waals surface area (Å²) in [6.45, 7) is 0. The van der Waals surface area contributed by atoms with Crippen LogP contribution in [0.4, 0.5) is 17.6 Å². The molecule has 1 aromatic carbocycles. The fourth-order valence-electron chi connectivity index (χ4n) is 1.62. The molecule has 0 aliphatic heterocycles. The molecule has 7 heteroatoms. The molecule has 17 heavy (non-hydrogen) atoms. The Bertz CT molecular complexity index is 600. The van der Waals surface area contributed by atoms with Crippen molar-refractivity contribution in [3.63, 3.8) is 0 Å². The van der Waals surface area contributed by atoms with Crippen molar-refractivity contribution in [1.29, 1.82) is 0 Å². The van der Waals surface area contributed by atoms with Crippen LogP contribution in [0.25, 0.3) is 10.9 Å². The van der Waals surface area contributed by atoms with Crippen molar-refractivity contribution in [3.05, 3.63) is 35.3 Å². The van der Waals surface area contributed by atoms with Gasteiger partial charge in [0, 0.05) is 5.39 Å². The van der Waals surface area contributed by atoms with Gasteiger partial charge in [-0.15, -0.1) is 0 Å². The van der Waals surface area contributed by atoms with Gasteiger partial charge in [-0.05, 0) is 6.07 Å². The number of nitrogens with one attached hydrogen (secondary N) is 1. The fraction of sp³-hybridized carbons (Fsp3) is 0.100. The topological polar surface area (TPSA) is 53.1 Å². The lowest BCUT2D eigenvalue weighted by molar-refractivity contribution is -0.141. The lowest BCUT2D eigenvalue weighted by Crippen LogP contribution is -2.11. The molecule has 0 fully saturated rings. The van der Waals surface area contributed by atoms with Crippen LogP contribution in [0.2, 0.25) is 0 Å². The van der Waals surface area contributed by atoms with Crippen LogP contribution in [0.1, 0.15) is 16.1 Å². The third kappa shape index (κ3) is 1.73. The van der Waals surface area contributed by atoms with Gasteiger partial charge in [0.05, 0.1) is 11.1 Å². The van der Waals surface area contributed by atoms with E-state index in [1.165, 1.54) is 0 Å². The Morgan fingerprint density at radius 3 is 2.47 bits per heavy atom. The zero-order valence-electron chi connectivity index (χ0n) is 8.10. The quantitative estimate of drug-likeness (QED) is 0.761. The normalized spacial score (nSPS) is 12.0. The Kier molecular flexibility index (Phi) is 2.34. The monoisotopic (exact) mass is 247 g/mol. The van der Waals surface area contributed by atoms with Crippen molar-refractivity contribution >= 4 is 16.9 Å². The number of aromatic amines is 1. The number of hydrogen-bond acceptors (Lipinski definition) is 1. The van der Waals surface area contributed by atoms with Gasteiger partial charge in [0.15, 0.2) is 0 Å². The number of fused-ring (bicyclic) bond motifs is 1. The van der Waals surface area contributed by atoms with E-state index >= 15 is 0 Å². The zero-order valence-corrected chi connectivity index (χ0v) is 8.10. The van der Waals surface area contributed by atoms with Gasteiger partial charge in [-0.25, -0.2) is 9.18 Å². The number of para-hydroxylation sites is 1. The van der Waals surface area contributed by atoms with E-state index in [1.54, 1.807) is 4.98 Å². The zero-order chi connectivity index (χ0) is 12.8. The number of alkyl halides is 3. The summed E-state index contributed by atoms with van der Waals surface area (Å²) in [5.74, 6) is -2.69. The minimum atomic E-state index is -4.88. The highest BCUT2D eigenvalue weighted by atomic mass is 19.4. The maximum Gasteiger partial charge on any atom is 0.432 e. The SMILES string of the molecule is O=C(O)c1c(C(F)(F)F)[nH]c2c(F)cccc12. The van der Waals surface area contributed by atoms with E-state index in [0.717, 1.165) is 18.2 Å². The molecule has 2 rings (SSSR count). The lowest BCUT2D eigenvalue weighted by Gasteiger charge is -2.04. The van der Waals surface area contributed by atoms with E-state index < -0.39 is 34.7 Å². The summed E-state index contributed by atoms with van der Waals surface area (Å²) >= 11 is 0. The highest BCUT2D eigenvalue weighted by molar-refractivity contribution is 6.05. The van der Waals surface area contributed by atoms with E-state index in [-0.39, 0.29) is 5.39 Å². The molecule has 0 atom stereocenters. The summed E-state index contributed by atoms with van der Waals surface area (Å²) in [6.07, 6.45) is -4.88. The summed E-state index contributed by atoms with van der Waals surface area (Å²) in [4.78, 5) is 12.6. The summed E-state index contributed by atoms with van der Waals surface area (Å²) in [5, 5.41) is 8.46. The first-order valence-corrected chi connectivity index (χ1v) is 4.43. The second-order valence-electron chi connectivity index (χ2n) is 3.34.